The number of phenolic OH excluding ortho intramolecular Hbond substituents is 1. The van der Waals surface area contributed by atoms with Crippen molar-refractivity contribution in [2.45, 2.75) is 13.5 Å². The van der Waals surface area contributed by atoms with Crippen molar-refractivity contribution < 1.29 is 5.11 Å². The quantitative estimate of drug-likeness (QED) is 0.740. The Kier molecular flexibility index (Phi) is 4.43. The molecule has 0 bridgehead atoms. The summed E-state index contributed by atoms with van der Waals surface area (Å²) in [6.07, 6.45) is 0. The van der Waals surface area contributed by atoms with Gasteiger partial charge in [0.05, 0.1) is 0 Å². The van der Waals surface area contributed by atoms with E-state index in [1.807, 2.05) is 12.1 Å². The molecule has 1 rings (SSSR count). The van der Waals surface area contributed by atoms with Crippen LogP contribution in [0.4, 0.5) is 0 Å². The highest BCUT2D eigenvalue weighted by Crippen LogP contribution is 2.12. The zero-order valence-corrected chi connectivity index (χ0v) is 8.61. The topological polar surface area (TPSA) is 49.5 Å². The number of likely N-dealkylation sites (N-methyl/N-ethyl adjacent to an activating group) is 1. The molecule has 3 heteroatoms. The van der Waals surface area contributed by atoms with Crippen molar-refractivity contribution in [3.63, 3.8) is 0 Å². The first-order valence-electron chi connectivity index (χ1n) is 4.96. The van der Waals surface area contributed by atoms with Gasteiger partial charge in [-0.3, -0.25) is 4.90 Å². The van der Waals surface area contributed by atoms with E-state index in [0.717, 1.165) is 25.2 Å². The smallest absolute Gasteiger partial charge is 0.115 e. The standard InChI is InChI=1S/C11H18N2O/c1-2-13(7-6-12)9-10-4-3-5-11(14)8-10/h3-5,8,14H,2,6-7,9,12H2,1H3. The molecule has 1 aromatic rings. The zero-order valence-electron chi connectivity index (χ0n) is 8.61. The van der Waals surface area contributed by atoms with Crippen molar-refractivity contribution in [3.8, 4) is 5.75 Å². The molecule has 0 aromatic heterocycles. The minimum Gasteiger partial charge on any atom is -0.508 e. The largest absolute Gasteiger partial charge is 0.508 e. The summed E-state index contributed by atoms with van der Waals surface area (Å²) in [5.41, 5.74) is 6.62. The van der Waals surface area contributed by atoms with E-state index in [2.05, 4.69) is 11.8 Å². The fraction of sp³-hybridized carbons (Fsp3) is 0.455. The van der Waals surface area contributed by atoms with Gasteiger partial charge >= 0.3 is 0 Å². The molecule has 0 amide bonds. The molecule has 0 spiro atoms. The molecule has 3 nitrogen and oxygen atoms in total. The predicted molar refractivity (Wildman–Crippen MR) is 58.1 cm³/mol. The molecule has 0 aliphatic carbocycles. The molecule has 0 saturated carbocycles. The normalized spacial score (nSPS) is 10.8. The summed E-state index contributed by atoms with van der Waals surface area (Å²) in [4.78, 5) is 2.24. The Bertz CT molecular complexity index is 276. The van der Waals surface area contributed by atoms with Crippen molar-refractivity contribution >= 4 is 0 Å². The van der Waals surface area contributed by atoms with E-state index in [9.17, 15) is 5.11 Å². The molecule has 0 fully saturated rings. The monoisotopic (exact) mass is 194 g/mol. The molecule has 14 heavy (non-hydrogen) atoms. The molecule has 0 heterocycles. The number of benzene rings is 1. The Labute approximate surface area is 85.2 Å². The van der Waals surface area contributed by atoms with Gasteiger partial charge in [-0.15, -0.1) is 0 Å². The second kappa shape index (κ2) is 5.62. The summed E-state index contributed by atoms with van der Waals surface area (Å²) >= 11 is 0. The molecule has 1 aromatic carbocycles. The molecule has 0 atom stereocenters. The molecule has 0 radical (unpaired) electrons. The van der Waals surface area contributed by atoms with Crippen LogP contribution in [0.15, 0.2) is 24.3 Å². The minimum atomic E-state index is 0.325. The van der Waals surface area contributed by atoms with Gasteiger partial charge in [-0.1, -0.05) is 19.1 Å². The van der Waals surface area contributed by atoms with Gasteiger partial charge in [0.1, 0.15) is 5.75 Å². The van der Waals surface area contributed by atoms with Crippen LogP contribution in [0, 0.1) is 0 Å². The van der Waals surface area contributed by atoms with E-state index in [4.69, 9.17) is 5.73 Å². The van der Waals surface area contributed by atoms with Crippen LogP contribution < -0.4 is 5.73 Å². The molecular formula is C11H18N2O. The molecule has 0 unspecified atom stereocenters. The fourth-order valence-electron chi connectivity index (χ4n) is 1.44. The van der Waals surface area contributed by atoms with Crippen LogP contribution in [0.25, 0.3) is 0 Å². The van der Waals surface area contributed by atoms with Gasteiger partial charge in [0, 0.05) is 19.6 Å². The van der Waals surface area contributed by atoms with Crippen LogP contribution in [0.5, 0.6) is 5.75 Å². The molecule has 0 aliphatic heterocycles. The number of nitrogens with zero attached hydrogens (tertiary/aromatic N) is 1. The van der Waals surface area contributed by atoms with Gasteiger partial charge in [0.15, 0.2) is 0 Å². The number of nitrogens with two attached hydrogens (primary N) is 1. The van der Waals surface area contributed by atoms with Gasteiger partial charge in [0.2, 0.25) is 0 Å². The van der Waals surface area contributed by atoms with Crippen molar-refractivity contribution in [2.24, 2.45) is 5.73 Å². The van der Waals surface area contributed by atoms with Gasteiger partial charge in [0.25, 0.3) is 0 Å². The van der Waals surface area contributed by atoms with Crippen LogP contribution in [0.3, 0.4) is 0 Å². The lowest BCUT2D eigenvalue weighted by Crippen LogP contribution is -2.28. The minimum absolute atomic E-state index is 0.325. The molecular weight excluding hydrogens is 176 g/mol. The van der Waals surface area contributed by atoms with E-state index in [-0.39, 0.29) is 0 Å². The first kappa shape index (κ1) is 11.0. The Hall–Kier alpha value is -1.06. The van der Waals surface area contributed by atoms with Crippen molar-refractivity contribution in [3.05, 3.63) is 29.8 Å². The summed E-state index contributed by atoms with van der Waals surface area (Å²) < 4.78 is 0. The number of hydrogen-bond donors (Lipinski definition) is 2. The summed E-state index contributed by atoms with van der Waals surface area (Å²) in [5, 5.41) is 9.29. The van der Waals surface area contributed by atoms with E-state index >= 15 is 0 Å². The zero-order chi connectivity index (χ0) is 10.4. The summed E-state index contributed by atoms with van der Waals surface area (Å²) in [6, 6.07) is 7.35. The van der Waals surface area contributed by atoms with Crippen molar-refractivity contribution in [1.82, 2.24) is 4.90 Å². The number of phenols is 1. The molecule has 78 valence electrons. The Balaban J connectivity index is 2.57. The van der Waals surface area contributed by atoms with Gasteiger partial charge < -0.3 is 10.8 Å². The number of aromatic hydroxyl groups is 1. The summed E-state index contributed by atoms with van der Waals surface area (Å²) in [7, 11) is 0. The van der Waals surface area contributed by atoms with E-state index in [0.29, 0.717) is 12.3 Å². The lowest BCUT2D eigenvalue weighted by atomic mass is 10.2. The predicted octanol–water partition coefficient (Wildman–Crippen LogP) is 1.17. The third-order valence-corrected chi connectivity index (χ3v) is 2.21. The third kappa shape index (κ3) is 3.36. The van der Waals surface area contributed by atoms with Crippen LogP contribution in [-0.2, 0) is 6.54 Å². The van der Waals surface area contributed by atoms with Crippen LogP contribution in [0.1, 0.15) is 12.5 Å². The Morgan fingerprint density at radius 1 is 1.43 bits per heavy atom. The van der Waals surface area contributed by atoms with Crippen molar-refractivity contribution in [1.29, 1.82) is 0 Å². The Morgan fingerprint density at radius 2 is 2.21 bits per heavy atom. The fourth-order valence-corrected chi connectivity index (χ4v) is 1.44. The Morgan fingerprint density at radius 3 is 2.79 bits per heavy atom. The average molecular weight is 194 g/mol. The molecule has 0 aliphatic rings. The van der Waals surface area contributed by atoms with E-state index < -0.39 is 0 Å². The highest BCUT2D eigenvalue weighted by atomic mass is 16.3. The van der Waals surface area contributed by atoms with Gasteiger partial charge in [-0.25, -0.2) is 0 Å². The summed E-state index contributed by atoms with van der Waals surface area (Å²) in [6.45, 7) is 5.51. The van der Waals surface area contributed by atoms with E-state index in [1.54, 1.807) is 12.1 Å². The number of rotatable bonds is 5. The van der Waals surface area contributed by atoms with Crippen LogP contribution in [-0.4, -0.2) is 29.6 Å². The maximum atomic E-state index is 9.29. The lowest BCUT2D eigenvalue weighted by molar-refractivity contribution is 0.288. The van der Waals surface area contributed by atoms with Gasteiger partial charge in [-0.05, 0) is 24.2 Å². The maximum absolute atomic E-state index is 9.29. The van der Waals surface area contributed by atoms with Gasteiger partial charge in [-0.2, -0.15) is 0 Å². The lowest BCUT2D eigenvalue weighted by Gasteiger charge is -2.19. The second-order valence-electron chi connectivity index (χ2n) is 3.33. The average Bonchev–Trinajstić information content (AvgIpc) is 2.17. The third-order valence-electron chi connectivity index (χ3n) is 2.21. The second-order valence-corrected chi connectivity index (χ2v) is 3.33. The first-order valence-corrected chi connectivity index (χ1v) is 4.96. The molecule has 3 N–H and O–H groups in total. The highest BCUT2D eigenvalue weighted by molar-refractivity contribution is 5.26. The van der Waals surface area contributed by atoms with Crippen LogP contribution in [0.2, 0.25) is 0 Å². The summed E-state index contributed by atoms with van der Waals surface area (Å²) in [5.74, 6) is 0.325. The highest BCUT2D eigenvalue weighted by Gasteiger charge is 2.02. The maximum Gasteiger partial charge on any atom is 0.115 e. The first-order chi connectivity index (χ1) is 6.76. The van der Waals surface area contributed by atoms with E-state index in [1.165, 1.54) is 0 Å². The van der Waals surface area contributed by atoms with Crippen molar-refractivity contribution in [2.75, 3.05) is 19.6 Å². The molecule has 0 saturated heterocycles. The van der Waals surface area contributed by atoms with Crippen LogP contribution >= 0.6 is 0 Å². The SMILES string of the molecule is CCN(CCN)Cc1cccc(O)c1. The number of hydrogen-bond acceptors (Lipinski definition) is 3.